The Kier molecular flexibility index (Phi) is 5.73. The van der Waals surface area contributed by atoms with Crippen LogP contribution in [0.3, 0.4) is 0 Å². The molecule has 4 N–H and O–H groups in total. The monoisotopic (exact) mass is 486 g/mol. The zero-order valence-electron chi connectivity index (χ0n) is 19.7. The highest BCUT2D eigenvalue weighted by molar-refractivity contribution is 5.95. The molecular formula is C26H27FN8O. The van der Waals surface area contributed by atoms with E-state index in [1.807, 2.05) is 12.1 Å². The first kappa shape index (κ1) is 22.4. The maximum absolute atomic E-state index is 14.8. The summed E-state index contributed by atoms with van der Waals surface area (Å²) in [5, 5.41) is 10.9. The number of nitrogens with zero attached hydrogens (tertiary/aromatic N) is 5. The summed E-state index contributed by atoms with van der Waals surface area (Å²) < 4.78 is 16.5. The number of carbonyl (C=O) groups is 1. The fraction of sp³-hybridized carbons (Fsp3) is 0.308. The molecule has 3 aromatic heterocycles. The standard InChI is InChI=1S/C26H27FN8O/c27-21-7-3-16(25(36)31-18-4-5-18)12-20(21)22-8-6-19-13-30-26(35(19)33-22)32-23-14-29-10-9-24(23)34-11-1-2-17(28)15-34/h3,6-10,12-14,17-18H,1-2,4-5,11,15,28H2,(H,30,32)(H,31,36). The first-order chi connectivity index (χ1) is 17.5. The Hall–Kier alpha value is -4.05. The lowest BCUT2D eigenvalue weighted by atomic mass is 10.1. The molecule has 1 aromatic carbocycles. The van der Waals surface area contributed by atoms with Crippen LogP contribution in [0.1, 0.15) is 36.0 Å². The highest BCUT2D eigenvalue weighted by Crippen LogP contribution is 2.30. The Balaban J connectivity index is 1.32. The van der Waals surface area contributed by atoms with Crippen molar-refractivity contribution in [3.05, 3.63) is 66.4 Å². The molecule has 1 atom stereocenters. The number of aromatic nitrogens is 4. The summed E-state index contributed by atoms with van der Waals surface area (Å²) >= 11 is 0. The van der Waals surface area contributed by atoms with Gasteiger partial charge in [0.25, 0.3) is 5.91 Å². The van der Waals surface area contributed by atoms with Gasteiger partial charge in [0.05, 0.1) is 35.0 Å². The van der Waals surface area contributed by atoms with Crippen molar-refractivity contribution in [3.8, 4) is 11.3 Å². The number of imidazole rings is 1. The molecular weight excluding hydrogens is 459 g/mol. The number of hydrogen-bond acceptors (Lipinski definition) is 7. The average molecular weight is 487 g/mol. The minimum Gasteiger partial charge on any atom is -0.368 e. The second-order valence-corrected chi connectivity index (χ2v) is 9.45. The van der Waals surface area contributed by atoms with E-state index < -0.39 is 5.82 Å². The number of nitrogens with one attached hydrogen (secondary N) is 2. The lowest BCUT2D eigenvalue weighted by molar-refractivity contribution is 0.0951. The van der Waals surface area contributed by atoms with E-state index in [0.29, 0.717) is 17.2 Å². The molecule has 0 spiro atoms. The molecule has 9 nitrogen and oxygen atoms in total. The Morgan fingerprint density at radius 2 is 2.00 bits per heavy atom. The summed E-state index contributed by atoms with van der Waals surface area (Å²) in [4.78, 5) is 23.5. The van der Waals surface area contributed by atoms with E-state index in [4.69, 9.17) is 5.73 Å². The molecule has 184 valence electrons. The summed E-state index contributed by atoms with van der Waals surface area (Å²) in [6.45, 7) is 1.69. The molecule has 10 heteroatoms. The summed E-state index contributed by atoms with van der Waals surface area (Å²) in [5.74, 6) is -0.174. The molecule has 1 unspecified atom stereocenters. The van der Waals surface area contributed by atoms with Crippen molar-refractivity contribution in [2.24, 2.45) is 5.73 Å². The van der Waals surface area contributed by atoms with Crippen LogP contribution in [0.2, 0.25) is 0 Å². The van der Waals surface area contributed by atoms with E-state index in [2.05, 4.69) is 30.6 Å². The van der Waals surface area contributed by atoms with Crippen LogP contribution in [0, 0.1) is 5.82 Å². The number of halogens is 1. The van der Waals surface area contributed by atoms with Crippen LogP contribution in [0.5, 0.6) is 0 Å². The lowest BCUT2D eigenvalue weighted by Crippen LogP contribution is -2.43. The number of fused-ring (bicyclic) bond motifs is 1. The highest BCUT2D eigenvalue weighted by Gasteiger charge is 2.24. The second-order valence-electron chi connectivity index (χ2n) is 9.45. The third-order valence-corrected chi connectivity index (χ3v) is 6.64. The van der Waals surface area contributed by atoms with Crippen LogP contribution >= 0.6 is 0 Å². The number of pyridine rings is 1. The summed E-state index contributed by atoms with van der Waals surface area (Å²) in [7, 11) is 0. The fourth-order valence-electron chi connectivity index (χ4n) is 4.58. The molecule has 1 aliphatic heterocycles. The van der Waals surface area contributed by atoms with Gasteiger partial charge in [0, 0.05) is 42.5 Å². The molecule has 1 aliphatic carbocycles. The fourth-order valence-corrected chi connectivity index (χ4v) is 4.58. The number of rotatable bonds is 6. The molecule has 2 aliphatic rings. The van der Waals surface area contributed by atoms with Gasteiger partial charge in [-0.25, -0.2) is 9.37 Å². The summed E-state index contributed by atoms with van der Waals surface area (Å²) in [5.41, 5.74) is 9.79. The van der Waals surface area contributed by atoms with Crippen LogP contribution in [-0.2, 0) is 0 Å². The van der Waals surface area contributed by atoms with Crippen LogP contribution in [0.15, 0.2) is 55.0 Å². The van der Waals surface area contributed by atoms with Gasteiger partial charge in [0.1, 0.15) is 5.82 Å². The molecule has 4 aromatic rings. The molecule has 0 radical (unpaired) electrons. The van der Waals surface area contributed by atoms with Gasteiger partial charge >= 0.3 is 0 Å². The van der Waals surface area contributed by atoms with E-state index in [1.165, 1.54) is 12.1 Å². The second kappa shape index (κ2) is 9.19. The van der Waals surface area contributed by atoms with Crippen LogP contribution in [0.25, 0.3) is 16.8 Å². The number of hydrogen-bond donors (Lipinski definition) is 3. The third-order valence-electron chi connectivity index (χ3n) is 6.64. The molecule has 0 bridgehead atoms. The number of anilines is 3. The quantitative estimate of drug-likeness (QED) is 0.382. The SMILES string of the molecule is NC1CCCN(c2ccncc2Nc2ncc3ccc(-c4cc(C(=O)NC5CC5)ccc4F)nn23)C1. The van der Waals surface area contributed by atoms with Crippen molar-refractivity contribution < 1.29 is 9.18 Å². The Labute approximate surface area is 207 Å². The van der Waals surface area contributed by atoms with Gasteiger partial charge in [-0.2, -0.15) is 9.61 Å². The predicted octanol–water partition coefficient (Wildman–Crippen LogP) is 3.49. The molecule has 1 amide bonds. The zero-order valence-corrected chi connectivity index (χ0v) is 19.7. The lowest BCUT2D eigenvalue weighted by Gasteiger charge is -2.33. The van der Waals surface area contributed by atoms with Gasteiger partial charge < -0.3 is 21.3 Å². The van der Waals surface area contributed by atoms with Gasteiger partial charge in [-0.05, 0) is 62.1 Å². The maximum atomic E-state index is 14.8. The maximum Gasteiger partial charge on any atom is 0.251 e. The summed E-state index contributed by atoms with van der Waals surface area (Å²) in [6.07, 6.45) is 9.22. The van der Waals surface area contributed by atoms with E-state index in [-0.39, 0.29) is 23.6 Å². The molecule has 1 saturated carbocycles. The third kappa shape index (κ3) is 4.47. The number of nitrogens with two attached hydrogens (primary N) is 1. The van der Waals surface area contributed by atoms with Crippen molar-refractivity contribution in [1.29, 1.82) is 0 Å². The van der Waals surface area contributed by atoms with Crippen molar-refractivity contribution >= 4 is 28.7 Å². The Morgan fingerprint density at radius 1 is 1.11 bits per heavy atom. The predicted molar refractivity (Wildman–Crippen MR) is 136 cm³/mol. The average Bonchev–Trinajstić information content (AvgIpc) is 3.62. The smallest absolute Gasteiger partial charge is 0.251 e. The van der Waals surface area contributed by atoms with Gasteiger partial charge in [-0.15, -0.1) is 0 Å². The molecule has 4 heterocycles. The minimum atomic E-state index is -0.449. The molecule has 1 saturated heterocycles. The largest absolute Gasteiger partial charge is 0.368 e. The van der Waals surface area contributed by atoms with Crippen LogP contribution < -0.4 is 21.3 Å². The minimum absolute atomic E-state index is 0.133. The van der Waals surface area contributed by atoms with E-state index in [1.54, 1.807) is 35.2 Å². The Morgan fingerprint density at radius 3 is 2.83 bits per heavy atom. The number of amides is 1. The van der Waals surface area contributed by atoms with Gasteiger partial charge in [0.15, 0.2) is 0 Å². The molecule has 2 fully saturated rings. The topological polar surface area (TPSA) is 113 Å². The van der Waals surface area contributed by atoms with Gasteiger partial charge in [0.2, 0.25) is 5.95 Å². The van der Waals surface area contributed by atoms with Crippen molar-refractivity contribution in [3.63, 3.8) is 0 Å². The zero-order chi connectivity index (χ0) is 24.6. The van der Waals surface area contributed by atoms with Gasteiger partial charge in [-0.3, -0.25) is 9.78 Å². The van der Waals surface area contributed by atoms with E-state index >= 15 is 0 Å². The Bertz CT molecular complexity index is 1430. The van der Waals surface area contributed by atoms with E-state index in [0.717, 1.165) is 55.7 Å². The highest BCUT2D eigenvalue weighted by atomic mass is 19.1. The number of piperidine rings is 1. The molecule has 36 heavy (non-hydrogen) atoms. The van der Waals surface area contributed by atoms with Crippen molar-refractivity contribution in [2.75, 3.05) is 23.3 Å². The number of benzene rings is 1. The van der Waals surface area contributed by atoms with Crippen LogP contribution in [0.4, 0.5) is 21.7 Å². The first-order valence-electron chi connectivity index (χ1n) is 12.2. The molecule has 6 rings (SSSR count). The van der Waals surface area contributed by atoms with Gasteiger partial charge in [-0.1, -0.05) is 0 Å². The normalized spacial score (nSPS) is 17.8. The van der Waals surface area contributed by atoms with Crippen LogP contribution in [-0.4, -0.2) is 50.7 Å². The summed E-state index contributed by atoms with van der Waals surface area (Å²) in [6, 6.07) is 10.2. The van der Waals surface area contributed by atoms with E-state index in [9.17, 15) is 9.18 Å². The number of carbonyl (C=O) groups excluding carboxylic acids is 1. The van der Waals surface area contributed by atoms with Crippen molar-refractivity contribution in [1.82, 2.24) is 24.9 Å². The first-order valence-corrected chi connectivity index (χ1v) is 12.2. The van der Waals surface area contributed by atoms with Crippen molar-refractivity contribution in [2.45, 2.75) is 37.8 Å².